The van der Waals surface area contributed by atoms with Crippen LogP contribution in [0.3, 0.4) is 0 Å². The standard InChI is InChI=1S/C20H23N5S/c1-5-16(10-15-7-9-18-19(11-15)26-12-22-18)24-20(21-4)25-17-8-6-13(2)23-14(17)3/h5-6,8,10-12H,1,7,9H2,2-4H3,(H2,21,24,25)/b16-10-. The summed E-state index contributed by atoms with van der Waals surface area (Å²) in [6.07, 6.45) is 8.07. The normalized spacial score (nSPS) is 14.5. The number of hydrogen-bond acceptors (Lipinski definition) is 4. The van der Waals surface area contributed by atoms with Crippen LogP contribution >= 0.6 is 11.3 Å². The topological polar surface area (TPSA) is 62.2 Å². The van der Waals surface area contributed by atoms with Crippen molar-refractivity contribution < 1.29 is 0 Å². The van der Waals surface area contributed by atoms with Gasteiger partial charge in [-0.15, -0.1) is 11.3 Å². The number of hydrogen-bond donors (Lipinski definition) is 2. The first kappa shape index (κ1) is 18.1. The van der Waals surface area contributed by atoms with Crippen molar-refractivity contribution in [3.63, 3.8) is 0 Å². The summed E-state index contributed by atoms with van der Waals surface area (Å²) < 4.78 is 0. The first-order valence-corrected chi connectivity index (χ1v) is 9.39. The Bertz CT molecular complexity index is 905. The molecule has 2 N–H and O–H groups in total. The van der Waals surface area contributed by atoms with Gasteiger partial charge in [-0.2, -0.15) is 0 Å². The zero-order valence-electron chi connectivity index (χ0n) is 15.3. The second kappa shape index (κ2) is 8.10. The Morgan fingerprint density at radius 3 is 2.88 bits per heavy atom. The zero-order chi connectivity index (χ0) is 18.5. The van der Waals surface area contributed by atoms with Gasteiger partial charge in [0.05, 0.1) is 27.5 Å². The lowest BCUT2D eigenvalue weighted by Crippen LogP contribution is -2.30. The summed E-state index contributed by atoms with van der Waals surface area (Å²) in [5.74, 6) is 0.653. The van der Waals surface area contributed by atoms with Crippen molar-refractivity contribution in [2.75, 3.05) is 12.4 Å². The van der Waals surface area contributed by atoms with E-state index in [4.69, 9.17) is 0 Å². The number of guanidine groups is 1. The summed E-state index contributed by atoms with van der Waals surface area (Å²) in [7, 11) is 1.75. The minimum atomic E-state index is 0.653. The number of aliphatic imine (C=N–C) groups is 1. The largest absolute Gasteiger partial charge is 0.326 e. The fourth-order valence-electron chi connectivity index (χ4n) is 2.77. The molecule has 0 aliphatic heterocycles. The average Bonchev–Trinajstić information content (AvgIpc) is 3.10. The van der Waals surface area contributed by atoms with Gasteiger partial charge in [0.25, 0.3) is 0 Å². The summed E-state index contributed by atoms with van der Waals surface area (Å²) in [6.45, 7) is 7.88. The van der Waals surface area contributed by atoms with Crippen LogP contribution in [0.1, 0.15) is 28.4 Å². The first-order chi connectivity index (χ1) is 12.6. The Hall–Kier alpha value is -2.73. The molecule has 0 bridgehead atoms. The number of allylic oxidation sites excluding steroid dienone is 3. The Morgan fingerprint density at radius 2 is 2.15 bits per heavy atom. The lowest BCUT2D eigenvalue weighted by Gasteiger charge is -2.15. The molecule has 0 saturated heterocycles. The summed E-state index contributed by atoms with van der Waals surface area (Å²) in [6, 6.07) is 3.99. The number of rotatable bonds is 4. The molecule has 0 spiro atoms. The maximum absolute atomic E-state index is 4.48. The number of anilines is 1. The fourth-order valence-corrected chi connectivity index (χ4v) is 3.58. The van der Waals surface area contributed by atoms with Gasteiger partial charge in [0, 0.05) is 18.4 Å². The van der Waals surface area contributed by atoms with Crippen LogP contribution in [0.15, 0.2) is 52.6 Å². The molecule has 6 heteroatoms. The first-order valence-electron chi connectivity index (χ1n) is 8.51. The maximum Gasteiger partial charge on any atom is 0.200 e. The molecule has 0 fully saturated rings. The smallest absolute Gasteiger partial charge is 0.200 e. The number of pyridine rings is 1. The molecule has 3 rings (SSSR count). The molecule has 2 aromatic rings. The van der Waals surface area contributed by atoms with Gasteiger partial charge < -0.3 is 10.6 Å². The monoisotopic (exact) mass is 365 g/mol. The summed E-state index contributed by atoms with van der Waals surface area (Å²) >= 11 is 1.68. The molecule has 0 aromatic carbocycles. The average molecular weight is 366 g/mol. The number of aryl methyl sites for hydroxylation is 3. The van der Waals surface area contributed by atoms with E-state index < -0.39 is 0 Å². The molecule has 5 nitrogen and oxygen atoms in total. The van der Waals surface area contributed by atoms with Gasteiger partial charge in [0.2, 0.25) is 0 Å². The molecule has 2 heterocycles. The van der Waals surface area contributed by atoms with Crippen molar-refractivity contribution in [1.82, 2.24) is 15.3 Å². The van der Waals surface area contributed by atoms with Crippen molar-refractivity contribution in [2.45, 2.75) is 26.7 Å². The molecule has 134 valence electrons. The number of thiazole rings is 1. The number of aromatic nitrogens is 2. The van der Waals surface area contributed by atoms with Gasteiger partial charge in [-0.3, -0.25) is 9.98 Å². The summed E-state index contributed by atoms with van der Waals surface area (Å²) in [4.78, 5) is 14.4. The summed E-state index contributed by atoms with van der Waals surface area (Å²) in [5, 5.41) is 6.61. The molecule has 1 aliphatic carbocycles. The molecule has 0 atom stereocenters. The SMILES string of the molecule is C=C/C(=C/C1=Cc2scnc2CC1)NC(=NC)Nc1ccc(C)nc1C. The maximum atomic E-state index is 4.48. The molecule has 0 radical (unpaired) electrons. The molecule has 0 amide bonds. The quantitative estimate of drug-likeness (QED) is 0.483. The molecular weight excluding hydrogens is 342 g/mol. The van der Waals surface area contributed by atoms with Crippen LogP contribution in [0.2, 0.25) is 0 Å². The fraction of sp³-hybridized carbons (Fsp3) is 0.250. The van der Waals surface area contributed by atoms with E-state index in [1.54, 1.807) is 24.5 Å². The van der Waals surface area contributed by atoms with Gasteiger partial charge in [0.15, 0.2) is 5.96 Å². The number of nitrogens with one attached hydrogen (secondary N) is 2. The Balaban J connectivity index is 1.75. The van der Waals surface area contributed by atoms with E-state index in [9.17, 15) is 0 Å². The van der Waals surface area contributed by atoms with E-state index in [-0.39, 0.29) is 0 Å². The third-order valence-electron chi connectivity index (χ3n) is 4.16. The van der Waals surface area contributed by atoms with Crippen LogP contribution in [0.4, 0.5) is 5.69 Å². The zero-order valence-corrected chi connectivity index (χ0v) is 16.2. The molecule has 1 aliphatic rings. The molecule has 26 heavy (non-hydrogen) atoms. The van der Waals surface area contributed by atoms with E-state index >= 15 is 0 Å². The molecule has 0 unspecified atom stereocenters. The van der Waals surface area contributed by atoms with E-state index in [1.165, 1.54) is 16.1 Å². The Morgan fingerprint density at radius 1 is 1.31 bits per heavy atom. The minimum Gasteiger partial charge on any atom is -0.326 e. The van der Waals surface area contributed by atoms with Crippen LogP contribution in [0, 0.1) is 13.8 Å². The van der Waals surface area contributed by atoms with E-state index in [0.717, 1.165) is 35.6 Å². The second-order valence-corrected chi connectivity index (χ2v) is 6.98. The van der Waals surface area contributed by atoms with Crippen LogP contribution in [0.5, 0.6) is 0 Å². The minimum absolute atomic E-state index is 0.653. The van der Waals surface area contributed by atoms with Crippen molar-refractivity contribution in [3.8, 4) is 0 Å². The van der Waals surface area contributed by atoms with Crippen LogP contribution in [-0.4, -0.2) is 23.0 Å². The van der Waals surface area contributed by atoms with Gasteiger partial charge >= 0.3 is 0 Å². The third kappa shape index (κ3) is 4.26. The van der Waals surface area contributed by atoms with Crippen LogP contribution in [0.25, 0.3) is 6.08 Å². The highest BCUT2D eigenvalue weighted by Crippen LogP contribution is 2.27. The molecular formula is C20H23N5S. The predicted octanol–water partition coefficient (Wildman–Crippen LogP) is 4.24. The highest BCUT2D eigenvalue weighted by atomic mass is 32.1. The van der Waals surface area contributed by atoms with Crippen molar-refractivity contribution in [2.24, 2.45) is 4.99 Å². The van der Waals surface area contributed by atoms with Gasteiger partial charge in [-0.1, -0.05) is 6.58 Å². The molecule has 2 aromatic heterocycles. The van der Waals surface area contributed by atoms with Gasteiger partial charge in [0.1, 0.15) is 0 Å². The van der Waals surface area contributed by atoms with E-state index in [1.807, 2.05) is 31.5 Å². The second-order valence-electron chi connectivity index (χ2n) is 6.09. The lowest BCUT2D eigenvalue weighted by atomic mass is 10.0. The van der Waals surface area contributed by atoms with Crippen molar-refractivity contribution >= 4 is 29.1 Å². The number of fused-ring (bicyclic) bond motifs is 1. The highest BCUT2D eigenvalue weighted by molar-refractivity contribution is 7.10. The lowest BCUT2D eigenvalue weighted by molar-refractivity contribution is 0.914. The Kier molecular flexibility index (Phi) is 5.63. The van der Waals surface area contributed by atoms with Crippen LogP contribution in [-0.2, 0) is 6.42 Å². The van der Waals surface area contributed by atoms with E-state index in [2.05, 4.69) is 44.3 Å². The van der Waals surface area contributed by atoms with Crippen molar-refractivity contribution in [3.05, 3.63) is 69.6 Å². The van der Waals surface area contributed by atoms with Gasteiger partial charge in [-0.25, -0.2) is 4.98 Å². The summed E-state index contributed by atoms with van der Waals surface area (Å²) in [5.41, 5.74) is 8.12. The highest BCUT2D eigenvalue weighted by Gasteiger charge is 2.12. The number of nitrogens with zero attached hydrogens (tertiary/aromatic N) is 3. The van der Waals surface area contributed by atoms with Gasteiger partial charge in [-0.05, 0) is 62.6 Å². The van der Waals surface area contributed by atoms with Crippen LogP contribution < -0.4 is 10.6 Å². The predicted molar refractivity (Wildman–Crippen MR) is 111 cm³/mol. The van der Waals surface area contributed by atoms with Crippen molar-refractivity contribution in [1.29, 1.82) is 0 Å². The third-order valence-corrected chi connectivity index (χ3v) is 4.98. The molecule has 0 saturated carbocycles. The Labute approximate surface area is 158 Å². The van der Waals surface area contributed by atoms with E-state index in [0.29, 0.717) is 5.96 Å².